The highest BCUT2D eigenvalue weighted by atomic mass is 15.0. The van der Waals surface area contributed by atoms with Gasteiger partial charge < -0.3 is 5.73 Å². The maximum atomic E-state index is 5.53. The van der Waals surface area contributed by atoms with E-state index in [1.807, 2.05) is 24.3 Å². The van der Waals surface area contributed by atoms with Gasteiger partial charge in [-0.05, 0) is 12.1 Å². The lowest BCUT2D eigenvalue weighted by Crippen LogP contribution is -1.97. The Labute approximate surface area is 75.9 Å². The molecule has 2 N–H and O–H groups in total. The minimum absolute atomic E-state index is 0.286. The molecule has 0 saturated carbocycles. The number of benzene rings is 1. The predicted molar refractivity (Wildman–Crippen MR) is 54.0 cm³/mol. The van der Waals surface area contributed by atoms with Crippen LogP contribution in [0.25, 0.3) is 17.0 Å². The van der Waals surface area contributed by atoms with Crippen LogP contribution in [0.4, 0.5) is 5.95 Å². The largest absolute Gasteiger partial charge is 0.368 e. The molecule has 0 atom stereocenters. The molecule has 1 aromatic carbocycles. The molecular weight excluding hydrogens is 162 g/mol. The van der Waals surface area contributed by atoms with Crippen LogP contribution in [0.2, 0.25) is 0 Å². The van der Waals surface area contributed by atoms with Crippen LogP contribution in [0.1, 0.15) is 5.69 Å². The van der Waals surface area contributed by atoms with Crippen molar-refractivity contribution in [3.05, 3.63) is 36.5 Å². The molecule has 0 saturated heterocycles. The molecule has 0 radical (unpaired) electrons. The third-order valence-corrected chi connectivity index (χ3v) is 1.84. The van der Waals surface area contributed by atoms with Crippen molar-refractivity contribution in [3.63, 3.8) is 0 Å². The van der Waals surface area contributed by atoms with Gasteiger partial charge in [0.05, 0.1) is 11.2 Å². The van der Waals surface area contributed by atoms with Crippen molar-refractivity contribution in [2.75, 3.05) is 5.73 Å². The lowest BCUT2D eigenvalue weighted by Gasteiger charge is -2.01. The number of anilines is 1. The van der Waals surface area contributed by atoms with Gasteiger partial charge in [0.25, 0.3) is 0 Å². The summed E-state index contributed by atoms with van der Waals surface area (Å²) in [6.07, 6.45) is 1.68. The zero-order chi connectivity index (χ0) is 9.26. The average molecular weight is 171 g/mol. The molecule has 0 bridgehead atoms. The van der Waals surface area contributed by atoms with Gasteiger partial charge in [-0.15, -0.1) is 0 Å². The van der Waals surface area contributed by atoms with Gasteiger partial charge in [-0.1, -0.05) is 24.8 Å². The van der Waals surface area contributed by atoms with Crippen molar-refractivity contribution in [2.24, 2.45) is 0 Å². The van der Waals surface area contributed by atoms with Gasteiger partial charge in [-0.3, -0.25) is 0 Å². The van der Waals surface area contributed by atoms with E-state index >= 15 is 0 Å². The smallest absolute Gasteiger partial charge is 0.221 e. The first-order valence-corrected chi connectivity index (χ1v) is 3.96. The molecule has 0 aliphatic carbocycles. The summed E-state index contributed by atoms with van der Waals surface area (Å²) < 4.78 is 0. The van der Waals surface area contributed by atoms with E-state index in [1.165, 1.54) is 0 Å². The number of aromatic nitrogens is 2. The molecule has 0 unspecified atom stereocenters. The molecule has 0 aliphatic heterocycles. The molecule has 0 amide bonds. The normalized spacial score (nSPS) is 10.2. The van der Waals surface area contributed by atoms with E-state index in [0.29, 0.717) is 0 Å². The van der Waals surface area contributed by atoms with E-state index in [1.54, 1.807) is 6.08 Å². The van der Waals surface area contributed by atoms with Crippen LogP contribution in [0, 0.1) is 0 Å². The van der Waals surface area contributed by atoms with Gasteiger partial charge in [0, 0.05) is 5.39 Å². The first-order chi connectivity index (χ1) is 6.31. The molecule has 3 heteroatoms. The lowest BCUT2D eigenvalue weighted by molar-refractivity contribution is 1.22. The highest BCUT2D eigenvalue weighted by Gasteiger charge is 2.00. The first-order valence-electron chi connectivity index (χ1n) is 3.96. The molecule has 2 aromatic rings. The highest BCUT2D eigenvalue weighted by Crippen LogP contribution is 2.16. The fraction of sp³-hybridized carbons (Fsp3) is 0. The molecule has 0 fully saturated rings. The summed E-state index contributed by atoms with van der Waals surface area (Å²) >= 11 is 0. The number of nitrogen functional groups attached to an aromatic ring is 1. The van der Waals surface area contributed by atoms with E-state index in [2.05, 4.69) is 16.5 Å². The van der Waals surface area contributed by atoms with E-state index in [-0.39, 0.29) is 5.95 Å². The molecule has 0 aliphatic rings. The minimum Gasteiger partial charge on any atom is -0.368 e. The second-order valence-corrected chi connectivity index (χ2v) is 2.69. The van der Waals surface area contributed by atoms with Gasteiger partial charge in [0.15, 0.2) is 0 Å². The van der Waals surface area contributed by atoms with E-state index in [4.69, 9.17) is 5.73 Å². The Bertz CT molecular complexity index is 463. The van der Waals surface area contributed by atoms with Gasteiger partial charge in [0.1, 0.15) is 0 Å². The van der Waals surface area contributed by atoms with Crippen molar-refractivity contribution < 1.29 is 0 Å². The number of nitrogens with two attached hydrogens (primary N) is 1. The van der Waals surface area contributed by atoms with Gasteiger partial charge >= 0.3 is 0 Å². The molecule has 1 aromatic heterocycles. The fourth-order valence-electron chi connectivity index (χ4n) is 1.28. The fourth-order valence-corrected chi connectivity index (χ4v) is 1.28. The second kappa shape index (κ2) is 2.86. The quantitative estimate of drug-likeness (QED) is 0.712. The molecular formula is C10H9N3. The Balaban J connectivity index is 2.89. The molecule has 3 nitrogen and oxygen atoms in total. The summed E-state index contributed by atoms with van der Waals surface area (Å²) in [4.78, 5) is 8.17. The van der Waals surface area contributed by atoms with E-state index < -0.39 is 0 Å². The third-order valence-electron chi connectivity index (χ3n) is 1.84. The molecule has 2 rings (SSSR count). The Morgan fingerprint density at radius 3 is 2.77 bits per heavy atom. The maximum absolute atomic E-state index is 5.53. The maximum Gasteiger partial charge on any atom is 0.221 e. The van der Waals surface area contributed by atoms with Gasteiger partial charge in [-0.2, -0.15) is 0 Å². The molecule has 0 spiro atoms. The van der Waals surface area contributed by atoms with Crippen molar-refractivity contribution in [1.29, 1.82) is 0 Å². The summed E-state index contributed by atoms with van der Waals surface area (Å²) in [5.74, 6) is 0.286. The molecule has 1 heterocycles. The standard InChI is InChI=1S/C10H9N3/c1-2-8-7-5-3-4-6-9(7)13-10(11)12-8/h2-6H,1H2,(H2,11,12,13). The lowest BCUT2D eigenvalue weighted by atomic mass is 10.2. The van der Waals surface area contributed by atoms with Crippen LogP contribution in [0.3, 0.4) is 0 Å². The van der Waals surface area contributed by atoms with Crippen molar-refractivity contribution in [1.82, 2.24) is 9.97 Å². The third kappa shape index (κ3) is 1.24. The highest BCUT2D eigenvalue weighted by molar-refractivity contribution is 5.86. The second-order valence-electron chi connectivity index (χ2n) is 2.69. The average Bonchev–Trinajstić information content (AvgIpc) is 2.16. The van der Waals surface area contributed by atoms with Crippen LogP contribution in [0.5, 0.6) is 0 Å². The Morgan fingerprint density at radius 1 is 1.23 bits per heavy atom. The number of nitrogens with zero attached hydrogens (tertiary/aromatic N) is 2. The minimum atomic E-state index is 0.286. The van der Waals surface area contributed by atoms with E-state index in [9.17, 15) is 0 Å². The zero-order valence-corrected chi connectivity index (χ0v) is 7.07. The monoisotopic (exact) mass is 171 g/mol. The SMILES string of the molecule is C=Cc1nc(N)nc2ccccc12. The summed E-state index contributed by atoms with van der Waals surface area (Å²) in [6.45, 7) is 3.68. The van der Waals surface area contributed by atoms with Crippen molar-refractivity contribution in [2.45, 2.75) is 0 Å². The number of para-hydroxylation sites is 1. The Morgan fingerprint density at radius 2 is 2.00 bits per heavy atom. The number of fused-ring (bicyclic) bond motifs is 1. The molecule has 64 valence electrons. The number of rotatable bonds is 1. The summed E-state index contributed by atoms with van der Waals surface area (Å²) in [6, 6.07) is 7.71. The van der Waals surface area contributed by atoms with Crippen LogP contribution < -0.4 is 5.73 Å². The molecule has 13 heavy (non-hydrogen) atoms. The Kier molecular flexibility index (Phi) is 1.70. The van der Waals surface area contributed by atoms with Crippen molar-refractivity contribution in [3.8, 4) is 0 Å². The summed E-state index contributed by atoms with van der Waals surface area (Å²) in [7, 11) is 0. The number of hydrogen-bond donors (Lipinski definition) is 1. The predicted octanol–water partition coefficient (Wildman–Crippen LogP) is 1.85. The van der Waals surface area contributed by atoms with Crippen LogP contribution in [-0.2, 0) is 0 Å². The Hall–Kier alpha value is -1.90. The topological polar surface area (TPSA) is 51.8 Å². The summed E-state index contributed by atoms with van der Waals surface area (Å²) in [5.41, 5.74) is 7.16. The zero-order valence-electron chi connectivity index (χ0n) is 7.07. The summed E-state index contributed by atoms with van der Waals surface area (Å²) in [5, 5.41) is 0.978. The van der Waals surface area contributed by atoms with E-state index in [0.717, 1.165) is 16.6 Å². The first kappa shape index (κ1) is 7.73. The van der Waals surface area contributed by atoms with Crippen LogP contribution >= 0.6 is 0 Å². The van der Waals surface area contributed by atoms with Gasteiger partial charge in [-0.25, -0.2) is 9.97 Å². The van der Waals surface area contributed by atoms with Crippen LogP contribution in [0.15, 0.2) is 30.8 Å². The van der Waals surface area contributed by atoms with Crippen LogP contribution in [-0.4, -0.2) is 9.97 Å². The van der Waals surface area contributed by atoms with Gasteiger partial charge in [0.2, 0.25) is 5.95 Å². The van der Waals surface area contributed by atoms with Crippen molar-refractivity contribution >= 4 is 22.9 Å². The number of hydrogen-bond acceptors (Lipinski definition) is 3.